The van der Waals surface area contributed by atoms with E-state index < -0.39 is 28.0 Å². The quantitative estimate of drug-likeness (QED) is 0.745. The third-order valence-electron chi connectivity index (χ3n) is 2.42. The zero-order valence-electron chi connectivity index (χ0n) is 11.0. The van der Waals surface area contributed by atoms with E-state index in [1.807, 2.05) is 0 Å². The number of hydrogen-bond acceptors (Lipinski definition) is 5. The van der Waals surface area contributed by atoms with E-state index >= 15 is 0 Å². The van der Waals surface area contributed by atoms with Crippen LogP contribution >= 0.6 is 0 Å². The van der Waals surface area contributed by atoms with Gasteiger partial charge in [0.2, 0.25) is 10.0 Å². The fraction of sp³-hybridized carbons (Fsp3) is 0.333. The van der Waals surface area contributed by atoms with Crippen LogP contribution in [0.1, 0.15) is 23.7 Å². The third kappa shape index (κ3) is 4.04. The van der Waals surface area contributed by atoms with Gasteiger partial charge in [0.05, 0.1) is 24.0 Å². The second kappa shape index (κ2) is 6.49. The molecular weight excluding hydrogens is 286 g/mol. The predicted octanol–water partition coefficient (Wildman–Crippen LogP) is 0.615. The van der Waals surface area contributed by atoms with Crippen molar-refractivity contribution in [2.75, 3.05) is 7.11 Å². The van der Waals surface area contributed by atoms with Crippen LogP contribution in [0.4, 0.5) is 0 Å². The number of carboxylic acids is 1. The Hall–Kier alpha value is -1.93. The summed E-state index contributed by atoms with van der Waals surface area (Å²) in [6.45, 7) is 1.42. The molecule has 0 amide bonds. The molecule has 1 unspecified atom stereocenters. The highest BCUT2D eigenvalue weighted by Crippen LogP contribution is 2.17. The lowest BCUT2D eigenvalue weighted by Crippen LogP contribution is -2.35. The molecule has 2 N–H and O–H groups in total. The molecule has 0 saturated carbocycles. The monoisotopic (exact) mass is 301 g/mol. The van der Waals surface area contributed by atoms with Gasteiger partial charge in [-0.1, -0.05) is 12.1 Å². The number of nitrogens with one attached hydrogen (secondary N) is 1. The van der Waals surface area contributed by atoms with Crippen LogP contribution in [0.2, 0.25) is 0 Å². The number of ether oxygens (including phenoxy) is 1. The van der Waals surface area contributed by atoms with E-state index in [-0.39, 0.29) is 16.9 Å². The van der Waals surface area contributed by atoms with Crippen LogP contribution in [0.5, 0.6) is 0 Å². The lowest BCUT2D eigenvalue weighted by atomic mass is 10.2. The minimum Gasteiger partial charge on any atom is -0.481 e. The van der Waals surface area contributed by atoms with Gasteiger partial charge in [0.25, 0.3) is 0 Å². The molecule has 0 aliphatic carbocycles. The number of benzene rings is 1. The smallest absolute Gasteiger partial charge is 0.339 e. The Morgan fingerprint density at radius 3 is 2.50 bits per heavy atom. The number of carbonyl (C=O) groups is 2. The average Bonchev–Trinajstić information content (AvgIpc) is 2.36. The van der Waals surface area contributed by atoms with Crippen LogP contribution in [0.15, 0.2) is 29.2 Å². The van der Waals surface area contributed by atoms with Crippen molar-refractivity contribution in [1.29, 1.82) is 0 Å². The first-order chi connectivity index (χ1) is 9.27. The van der Waals surface area contributed by atoms with Crippen molar-refractivity contribution < 1.29 is 27.9 Å². The summed E-state index contributed by atoms with van der Waals surface area (Å²) in [6, 6.07) is 4.74. The molecule has 1 atom stereocenters. The van der Waals surface area contributed by atoms with Crippen molar-refractivity contribution in [3.8, 4) is 0 Å². The fourth-order valence-electron chi connectivity index (χ4n) is 1.61. The first kappa shape index (κ1) is 16.1. The number of methoxy groups -OCH3 is 1. The van der Waals surface area contributed by atoms with E-state index in [4.69, 9.17) is 5.11 Å². The van der Waals surface area contributed by atoms with Gasteiger partial charge in [-0.05, 0) is 19.1 Å². The van der Waals surface area contributed by atoms with Crippen molar-refractivity contribution in [3.05, 3.63) is 29.8 Å². The number of hydrogen-bond donors (Lipinski definition) is 2. The van der Waals surface area contributed by atoms with Gasteiger partial charge >= 0.3 is 11.9 Å². The summed E-state index contributed by atoms with van der Waals surface area (Å²) in [5, 5.41) is 8.62. The second-order valence-electron chi connectivity index (χ2n) is 4.11. The van der Waals surface area contributed by atoms with Crippen molar-refractivity contribution in [1.82, 2.24) is 4.72 Å². The van der Waals surface area contributed by atoms with Crippen molar-refractivity contribution in [2.24, 2.45) is 0 Å². The van der Waals surface area contributed by atoms with Crippen LogP contribution < -0.4 is 4.72 Å². The van der Waals surface area contributed by atoms with E-state index in [1.54, 1.807) is 0 Å². The third-order valence-corrected chi connectivity index (χ3v) is 4.07. The van der Waals surface area contributed by atoms with Gasteiger partial charge in [-0.25, -0.2) is 17.9 Å². The Morgan fingerprint density at radius 2 is 1.95 bits per heavy atom. The van der Waals surface area contributed by atoms with Gasteiger partial charge in [-0.15, -0.1) is 0 Å². The number of carbonyl (C=O) groups excluding carboxylic acids is 1. The lowest BCUT2D eigenvalue weighted by Gasteiger charge is -2.14. The molecule has 1 rings (SSSR count). The lowest BCUT2D eigenvalue weighted by molar-refractivity contribution is -0.137. The number of rotatable bonds is 6. The molecule has 0 bridgehead atoms. The van der Waals surface area contributed by atoms with Gasteiger partial charge in [0, 0.05) is 6.04 Å². The number of esters is 1. The highest BCUT2D eigenvalue weighted by Gasteiger charge is 2.24. The van der Waals surface area contributed by atoms with E-state index in [0.29, 0.717) is 0 Å². The summed E-state index contributed by atoms with van der Waals surface area (Å²) in [7, 11) is -2.86. The number of aliphatic carboxylic acids is 1. The molecule has 0 aromatic heterocycles. The topological polar surface area (TPSA) is 110 Å². The maximum Gasteiger partial charge on any atom is 0.339 e. The van der Waals surface area contributed by atoms with E-state index in [9.17, 15) is 18.0 Å². The second-order valence-corrected chi connectivity index (χ2v) is 5.79. The molecule has 0 aliphatic rings. The van der Waals surface area contributed by atoms with Crippen molar-refractivity contribution in [3.63, 3.8) is 0 Å². The van der Waals surface area contributed by atoms with E-state index in [1.165, 1.54) is 31.2 Å². The van der Waals surface area contributed by atoms with Gasteiger partial charge in [-0.3, -0.25) is 4.79 Å². The van der Waals surface area contributed by atoms with Crippen molar-refractivity contribution in [2.45, 2.75) is 24.3 Å². The Bertz CT molecular complexity index is 610. The Labute approximate surface area is 116 Å². The zero-order chi connectivity index (χ0) is 15.3. The minimum absolute atomic E-state index is 0.106. The molecule has 0 aliphatic heterocycles. The van der Waals surface area contributed by atoms with Gasteiger partial charge in [-0.2, -0.15) is 0 Å². The maximum atomic E-state index is 12.2. The van der Waals surface area contributed by atoms with Crippen LogP contribution in [-0.4, -0.2) is 38.6 Å². The van der Waals surface area contributed by atoms with Crippen molar-refractivity contribution >= 4 is 22.0 Å². The predicted molar refractivity (Wildman–Crippen MR) is 69.8 cm³/mol. The largest absolute Gasteiger partial charge is 0.481 e. The van der Waals surface area contributed by atoms with Crippen LogP contribution in [-0.2, 0) is 19.6 Å². The Balaban J connectivity index is 3.10. The molecular formula is C12H15NO6S. The van der Waals surface area contributed by atoms with E-state index in [2.05, 4.69) is 9.46 Å². The SMILES string of the molecule is COC(=O)c1ccccc1S(=O)(=O)NC(C)CC(=O)O. The molecule has 0 fully saturated rings. The molecule has 0 radical (unpaired) electrons. The van der Waals surface area contributed by atoms with Gasteiger partial charge < -0.3 is 9.84 Å². The molecule has 8 heteroatoms. The molecule has 110 valence electrons. The Morgan fingerprint density at radius 1 is 1.35 bits per heavy atom. The molecule has 1 aromatic carbocycles. The normalized spacial score (nSPS) is 12.7. The molecule has 20 heavy (non-hydrogen) atoms. The summed E-state index contributed by atoms with van der Waals surface area (Å²) in [5.41, 5.74) is -0.106. The van der Waals surface area contributed by atoms with Gasteiger partial charge in [0.1, 0.15) is 0 Å². The maximum absolute atomic E-state index is 12.2. The van der Waals surface area contributed by atoms with Crippen LogP contribution in [0.25, 0.3) is 0 Å². The molecule has 0 heterocycles. The summed E-state index contributed by atoms with van der Waals surface area (Å²) in [5.74, 6) is -1.90. The molecule has 7 nitrogen and oxygen atoms in total. The number of sulfonamides is 1. The average molecular weight is 301 g/mol. The summed E-state index contributed by atoms with van der Waals surface area (Å²) in [4.78, 5) is 21.8. The summed E-state index contributed by atoms with van der Waals surface area (Å²) >= 11 is 0. The summed E-state index contributed by atoms with van der Waals surface area (Å²) < 4.78 is 31.0. The van der Waals surface area contributed by atoms with Crippen LogP contribution in [0.3, 0.4) is 0 Å². The summed E-state index contributed by atoms with van der Waals surface area (Å²) in [6.07, 6.45) is -0.361. The molecule has 1 aromatic rings. The Kier molecular flexibility index (Phi) is 5.23. The standard InChI is InChI=1S/C12H15NO6S/c1-8(7-11(14)15)13-20(17,18)10-6-4-3-5-9(10)12(16)19-2/h3-6,8,13H,7H2,1-2H3,(H,14,15). The highest BCUT2D eigenvalue weighted by atomic mass is 32.2. The number of carboxylic acid groups (broad SMARTS) is 1. The molecule has 0 saturated heterocycles. The first-order valence-corrected chi connectivity index (χ1v) is 7.17. The van der Waals surface area contributed by atoms with Crippen LogP contribution in [0, 0.1) is 0 Å². The first-order valence-electron chi connectivity index (χ1n) is 5.69. The highest BCUT2D eigenvalue weighted by molar-refractivity contribution is 7.89. The minimum atomic E-state index is -4.01. The van der Waals surface area contributed by atoms with E-state index in [0.717, 1.165) is 7.11 Å². The zero-order valence-corrected chi connectivity index (χ0v) is 11.8. The fourth-order valence-corrected chi connectivity index (χ4v) is 3.05. The van der Waals surface area contributed by atoms with Gasteiger partial charge in [0.15, 0.2) is 0 Å². The molecule has 0 spiro atoms.